The molecule has 1 saturated heterocycles. The molecule has 0 radical (unpaired) electrons. The second-order valence-electron chi connectivity index (χ2n) is 7.57. The van der Waals surface area contributed by atoms with Gasteiger partial charge >= 0.3 is 0 Å². The summed E-state index contributed by atoms with van der Waals surface area (Å²) in [7, 11) is 0. The standard InChI is InChI=1S/C23H24N6OS/c1-17(20-24-25-21(30-20)18-11-5-2-6-12-18)31-23-27-26-22(28-15-9-4-10-16-28)29(23)19-13-7-3-8-14-19/h2-3,5-8,11-14,17H,4,9-10,15-16H2,1H3/t17-/m0/s1. The van der Waals surface area contributed by atoms with Crippen LogP contribution >= 0.6 is 11.8 Å². The van der Waals surface area contributed by atoms with Crippen molar-refractivity contribution in [1.29, 1.82) is 0 Å². The highest BCUT2D eigenvalue weighted by Crippen LogP contribution is 2.37. The van der Waals surface area contributed by atoms with Gasteiger partial charge in [0.05, 0.1) is 10.9 Å². The number of hydrogen-bond donors (Lipinski definition) is 0. The summed E-state index contributed by atoms with van der Waals surface area (Å²) in [6.07, 6.45) is 3.64. The van der Waals surface area contributed by atoms with E-state index in [-0.39, 0.29) is 5.25 Å². The molecule has 0 amide bonds. The Hall–Kier alpha value is -3.13. The van der Waals surface area contributed by atoms with Crippen LogP contribution in [-0.4, -0.2) is 38.1 Å². The molecule has 158 valence electrons. The highest BCUT2D eigenvalue weighted by Gasteiger charge is 2.25. The lowest BCUT2D eigenvalue weighted by atomic mass is 10.1. The summed E-state index contributed by atoms with van der Waals surface area (Å²) in [5.74, 6) is 2.00. The summed E-state index contributed by atoms with van der Waals surface area (Å²) in [4.78, 5) is 2.33. The molecule has 31 heavy (non-hydrogen) atoms. The first-order valence-corrected chi connectivity index (χ1v) is 11.5. The first-order valence-electron chi connectivity index (χ1n) is 10.6. The third-order valence-electron chi connectivity index (χ3n) is 5.36. The molecule has 8 heteroatoms. The van der Waals surface area contributed by atoms with E-state index < -0.39 is 0 Å². The molecule has 0 bridgehead atoms. The number of anilines is 1. The maximum Gasteiger partial charge on any atom is 0.247 e. The highest BCUT2D eigenvalue weighted by atomic mass is 32.2. The maximum atomic E-state index is 5.96. The first-order chi connectivity index (χ1) is 15.3. The zero-order chi connectivity index (χ0) is 21.0. The Morgan fingerprint density at radius 1 is 0.839 bits per heavy atom. The Balaban J connectivity index is 1.44. The molecule has 0 saturated carbocycles. The van der Waals surface area contributed by atoms with E-state index in [1.807, 2.05) is 48.5 Å². The third kappa shape index (κ3) is 4.20. The van der Waals surface area contributed by atoms with E-state index in [9.17, 15) is 0 Å². The normalized spacial score (nSPS) is 15.2. The summed E-state index contributed by atoms with van der Waals surface area (Å²) in [6.45, 7) is 4.07. The number of piperidine rings is 1. The summed E-state index contributed by atoms with van der Waals surface area (Å²) in [6, 6.07) is 20.1. The monoisotopic (exact) mass is 432 g/mol. The van der Waals surface area contributed by atoms with Crippen molar-refractivity contribution < 1.29 is 4.42 Å². The molecule has 1 fully saturated rings. The summed E-state index contributed by atoms with van der Waals surface area (Å²) >= 11 is 1.58. The van der Waals surface area contributed by atoms with Crippen molar-refractivity contribution >= 4 is 17.7 Å². The Labute approximate surface area is 185 Å². The summed E-state index contributed by atoms with van der Waals surface area (Å²) < 4.78 is 8.10. The number of rotatable bonds is 6. The van der Waals surface area contributed by atoms with Gasteiger partial charge in [-0.2, -0.15) is 0 Å². The zero-order valence-corrected chi connectivity index (χ0v) is 18.2. The minimum atomic E-state index is -0.0640. The average molecular weight is 433 g/mol. The highest BCUT2D eigenvalue weighted by molar-refractivity contribution is 7.99. The van der Waals surface area contributed by atoms with E-state index in [1.165, 1.54) is 19.3 Å². The van der Waals surface area contributed by atoms with Gasteiger partial charge in [-0.3, -0.25) is 4.57 Å². The van der Waals surface area contributed by atoms with Crippen LogP contribution < -0.4 is 4.90 Å². The number of para-hydroxylation sites is 1. The number of thioether (sulfide) groups is 1. The fraction of sp³-hybridized carbons (Fsp3) is 0.304. The molecule has 2 aromatic carbocycles. The van der Waals surface area contributed by atoms with Crippen LogP contribution in [0.1, 0.15) is 37.3 Å². The van der Waals surface area contributed by atoms with Gasteiger partial charge in [0.1, 0.15) is 0 Å². The third-order valence-corrected chi connectivity index (χ3v) is 6.39. The van der Waals surface area contributed by atoms with Crippen LogP contribution in [0.4, 0.5) is 5.95 Å². The van der Waals surface area contributed by atoms with Crippen molar-refractivity contribution in [3.8, 4) is 17.1 Å². The Morgan fingerprint density at radius 3 is 2.29 bits per heavy atom. The van der Waals surface area contributed by atoms with E-state index in [2.05, 4.69) is 48.9 Å². The van der Waals surface area contributed by atoms with Crippen molar-refractivity contribution in [1.82, 2.24) is 25.0 Å². The lowest BCUT2D eigenvalue weighted by Gasteiger charge is -2.27. The lowest BCUT2D eigenvalue weighted by Crippen LogP contribution is -2.31. The topological polar surface area (TPSA) is 72.9 Å². The minimum Gasteiger partial charge on any atom is -0.419 e. The van der Waals surface area contributed by atoms with Crippen molar-refractivity contribution in [2.75, 3.05) is 18.0 Å². The molecule has 1 aliphatic heterocycles. The van der Waals surface area contributed by atoms with Crippen molar-refractivity contribution in [2.24, 2.45) is 0 Å². The van der Waals surface area contributed by atoms with Crippen LogP contribution in [0, 0.1) is 0 Å². The first kappa shape index (κ1) is 19.8. The number of aromatic nitrogens is 5. The van der Waals surface area contributed by atoms with Gasteiger partial charge in [-0.05, 0) is 50.5 Å². The SMILES string of the molecule is C[C@H](Sc1nnc(N2CCCCC2)n1-c1ccccc1)c1nnc(-c2ccccc2)o1. The summed E-state index contributed by atoms with van der Waals surface area (Å²) in [5, 5.41) is 18.4. The predicted molar refractivity (Wildman–Crippen MR) is 121 cm³/mol. The molecule has 0 aliphatic carbocycles. The second-order valence-corrected chi connectivity index (χ2v) is 8.88. The van der Waals surface area contributed by atoms with Gasteiger partial charge in [0.2, 0.25) is 17.7 Å². The Kier molecular flexibility index (Phi) is 5.71. The van der Waals surface area contributed by atoms with Gasteiger partial charge in [-0.1, -0.05) is 48.2 Å². The molecule has 0 unspecified atom stereocenters. The molecule has 4 aromatic rings. The average Bonchev–Trinajstić information content (AvgIpc) is 3.49. The van der Waals surface area contributed by atoms with E-state index >= 15 is 0 Å². The largest absolute Gasteiger partial charge is 0.419 e. The van der Waals surface area contributed by atoms with Crippen molar-refractivity contribution in [2.45, 2.75) is 36.6 Å². The number of benzene rings is 2. The van der Waals surface area contributed by atoms with Crippen LogP contribution in [0.5, 0.6) is 0 Å². The maximum absolute atomic E-state index is 5.96. The van der Waals surface area contributed by atoms with Gasteiger partial charge in [-0.15, -0.1) is 20.4 Å². The Morgan fingerprint density at radius 2 is 1.55 bits per heavy atom. The molecule has 2 aromatic heterocycles. The van der Waals surface area contributed by atoms with Gasteiger partial charge in [0, 0.05) is 18.7 Å². The van der Waals surface area contributed by atoms with Gasteiger partial charge in [0.15, 0.2) is 5.16 Å². The van der Waals surface area contributed by atoms with Crippen LogP contribution in [-0.2, 0) is 0 Å². The van der Waals surface area contributed by atoms with E-state index in [4.69, 9.17) is 4.42 Å². The number of nitrogens with zero attached hydrogens (tertiary/aromatic N) is 6. The molecule has 5 rings (SSSR count). The second kappa shape index (κ2) is 8.93. The smallest absolute Gasteiger partial charge is 0.247 e. The molecule has 3 heterocycles. The van der Waals surface area contributed by atoms with Gasteiger partial charge in [0.25, 0.3) is 0 Å². The van der Waals surface area contributed by atoms with Gasteiger partial charge < -0.3 is 9.32 Å². The minimum absolute atomic E-state index is 0.0640. The molecule has 0 N–H and O–H groups in total. The van der Waals surface area contributed by atoms with Crippen LogP contribution in [0.2, 0.25) is 0 Å². The Bertz CT molecular complexity index is 1120. The fourth-order valence-corrected chi connectivity index (χ4v) is 4.64. The lowest BCUT2D eigenvalue weighted by molar-refractivity contribution is 0.509. The fourth-order valence-electron chi connectivity index (χ4n) is 3.75. The quantitative estimate of drug-likeness (QED) is 0.390. The van der Waals surface area contributed by atoms with E-state index in [0.717, 1.165) is 35.4 Å². The van der Waals surface area contributed by atoms with Crippen molar-refractivity contribution in [3.63, 3.8) is 0 Å². The molecule has 1 aliphatic rings. The molecular weight excluding hydrogens is 408 g/mol. The van der Waals surface area contributed by atoms with Crippen LogP contribution in [0.25, 0.3) is 17.1 Å². The van der Waals surface area contributed by atoms with E-state index in [1.54, 1.807) is 11.8 Å². The zero-order valence-electron chi connectivity index (χ0n) is 17.4. The van der Waals surface area contributed by atoms with Crippen LogP contribution in [0.3, 0.4) is 0 Å². The van der Waals surface area contributed by atoms with Gasteiger partial charge in [-0.25, -0.2) is 0 Å². The molecular formula is C23H24N6OS. The van der Waals surface area contributed by atoms with Crippen molar-refractivity contribution in [3.05, 3.63) is 66.6 Å². The number of hydrogen-bond acceptors (Lipinski definition) is 7. The predicted octanol–water partition coefficient (Wildman–Crippen LogP) is 5.16. The summed E-state index contributed by atoms with van der Waals surface area (Å²) in [5.41, 5.74) is 1.97. The van der Waals surface area contributed by atoms with E-state index in [0.29, 0.717) is 11.8 Å². The molecule has 0 spiro atoms. The van der Waals surface area contributed by atoms with Crippen LogP contribution in [0.15, 0.2) is 70.2 Å². The molecule has 1 atom stereocenters. The molecule has 7 nitrogen and oxygen atoms in total.